The molecule has 0 fully saturated rings. The fourth-order valence-corrected chi connectivity index (χ4v) is 3.17. The molecule has 0 bridgehead atoms. The highest BCUT2D eigenvalue weighted by Crippen LogP contribution is 2.23. The van der Waals surface area contributed by atoms with Gasteiger partial charge in [-0.3, -0.25) is 24.1 Å². The van der Waals surface area contributed by atoms with Gasteiger partial charge in [-0.15, -0.1) is 0 Å². The zero-order chi connectivity index (χ0) is 21.3. The van der Waals surface area contributed by atoms with E-state index < -0.39 is 16.5 Å². The quantitative estimate of drug-likeness (QED) is 0.277. The molecule has 148 valence electrons. The van der Waals surface area contributed by atoms with E-state index in [1.807, 2.05) is 0 Å². The van der Waals surface area contributed by atoms with Crippen molar-refractivity contribution in [1.29, 1.82) is 0 Å². The summed E-state index contributed by atoms with van der Waals surface area (Å²) < 4.78 is 6.68. The molecule has 0 atom stereocenters. The third-order valence-corrected chi connectivity index (χ3v) is 4.61. The smallest absolute Gasteiger partial charge is 0.270 e. The molecule has 2 aromatic carbocycles. The van der Waals surface area contributed by atoms with Gasteiger partial charge in [-0.05, 0) is 24.3 Å². The molecule has 0 saturated carbocycles. The first kappa shape index (κ1) is 19.0. The minimum Gasteiger partial charge on any atom is -0.497 e. The Hall–Kier alpha value is -4.33. The van der Waals surface area contributed by atoms with Crippen LogP contribution in [0.5, 0.6) is 5.75 Å². The first-order chi connectivity index (χ1) is 14.5. The molecule has 2 aromatic heterocycles. The minimum atomic E-state index is -0.576. The van der Waals surface area contributed by atoms with Gasteiger partial charge in [-0.25, -0.2) is 4.98 Å². The maximum absolute atomic E-state index is 13.3. The Labute approximate surface area is 170 Å². The predicted molar refractivity (Wildman–Crippen MR) is 108 cm³/mol. The van der Waals surface area contributed by atoms with Crippen molar-refractivity contribution < 1.29 is 19.2 Å². The van der Waals surface area contributed by atoms with Gasteiger partial charge in [0.05, 0.1) is 12.0 Å². The number of non-ortho nitro benzene ring substituents is 1. The van der Waals surface area contributed by atoms with Crippen LogP contribution in [-0.4, -0.2) is 33.0 Å². The van der Waals surface area contributed by atoms with Crippen LogP contribution < -0.4 is 4.74 Å². The van der Waals surface area contributed by atoms with Gasteiger partial charge in [0.15, 0.2) is 0 Å². The molecule has 0 amide bonds. The number of rotatable bonds is 6. The number of hydrogen-bond acceptors (Lipinski definition) is 6. The largest absolute Gasteiger partial charge is 0.497 e. The summed E-state index contributed by atoms with van der Waals surface area (Å²) in [6.07, 6.45) is 1.62. The second-order valence-corrected chi connectivity index (χ2v) is 6.44. The molecule has 0 saturated heterocycles. The standard InChI is InChI=1S/C22H15N3O5/c1-30-17-9-5-7-15(13-17)21(26)19-20(24-11-3-2-10-18(24)23-19)22(27)14-6-4-8-16(12-14)25(28)29/h2-13H,1H3. The molecule has 0 spiro atoms. The summed E-state index contributed by atoms with van der Waals surface area (Å²) in [7, 11) is 1.49. The lowest BCUT2D eigenvalue weighted by atomic mass is 10.0. The van der Waals surface area contributed by atoms with Gasteiger partial charge in [-0.2, -0.15) is 0 Å². The molecule has 2 heterocycles. The fourth-order valence-electron chi connectivity index (χ4n) is 3.17. The maximum atomic E-state index is 13.3. The highest BCUT2D eigenvalue weighted by Gasteiger charge is 2.27. The molecule has 8 heteroatoms. The van der Waals surface area contributed by atoms with Crippen molar-refractivity contribution in [2.75, 3.05) is 7.11 Å². The lowest BCUT2D eigenvalue weighted by molar-refractivity contribution is -0.384. The lowest BCUT2D eigenvalue weighted by Crippen LogP contribution is -2.13. The third-order valence-electron chi connectivity index (χ3n) is 4.61. The second-order valence-electron chi connectivity index (χ2n) is 6.44. The molecule has 0 aliphatic rings. The first-order valence-electron chi connectivity index (χ1n) is 8.94. The van der Waals surface area contributed by atoms with Crippen LogP contribution in [0.1, 0.15) is 32.1 Å². The van der Waals surface area contributed by atoms with Crippen molar-refractivity contribution in [3.05, 3.63) is 106 Å². The number of methoxy groups -OCH3 is 1. The summed E-state index contributed by atoms with van der Waals surface area (Å²) in [5, 5.41) is 11.1. The van der Waals surface area contributed by atoms with Gasteiger partial charge in [-0.1, -0.05) is 30.3 Å². The van der Waals surface area contributed by atoms with Crippen LogP contribution >= 0.6 is 0 Å². The number of fused-ring (bicyclic) bond motifs is 1. The number of carbonyl (C=O) groups excluding carboxylic acids is 2. The molecule has 0 aliphatic heterocycles. The van der Waals surface area contributed by atoms with Gasteiger partial charge < -0.3 is 4.74 Å². The van der Waals surface area contributed by atoms with Crippen molar-refractivity contribution >= 4 is 22.9 Å². The minimum absolute atomic E-state index is 0.0361. The van der Waals surface area contributed by atoms with E-state index in [0.29, 0.717) is 17.0 Å². The summed E-state index contributed by atoms with van der Waals surface area (Å²) in [5.41, 5.74) is 0.609. The van der Waals surface area contributed by atoms with Crippen LogP contribution in [0.4, 0.5) is 5.69 Å². The molecule has 8 nitrogen and oxygen atoms in total. The number of aromatic nitrogens is 2. The Balaban J connectivity index is 1.89. The van der Waals surface area contributed by atoms with Crippen LogP contribution in [0.3, 0.4) is 0 Å². The number of carbonyl (C=O) groups is 2. The molecular formula is C22H15N3O5. The Kier molecular flexibility index (Phi) is 4.81. The fraction of sp³-hybridized carbons (Fsp3) is 0.0455. The van der Waals surface area contributed by atoms with E-state index in [0.717, 1.165) is 0 Å². The maximum Gasteiger partial charge on any atom is 0.270 e. The van der Waals surface area contributed by atoms with Crippen LogP contribution in [0.15, 0.2) is 72.9 Å². The molecule has 0 aliphatic carbocycles. The number of hydrogen-bond donors (Lipinski definition) is 0. The third kappa shape index (κ3) is 3.30. The Bertz CT molecular complexity index is 1310. The zero-order valence-electron chi connectivity index (χ0n) is 15.8. The summed E-state index contributed by atoms with van der Waals surface area (Å²) >= 11 is 0. The number of nitro groups is 1. The number of ether oxygens (including phenoxy) is 1. The second kappa shape index (κ2) is 7.59. The van der Waals surface area contributed by atoms with Crippen molar-refractivity contribution in [3.63, 3.8) is 0 Å². The SMILES string of the molecule is COc1cccc(C(=O)c2nc3ccccn3c2C(=O)c2cccc([N+](=O)[O-])c2)c1. The molecule has 0 radical (unpaired) electrons. The van der Waals surface area contributed by atoms with Crippen LogP contribution in [0, 0.1) is 10.1 Å². The number of benzene rings is 2. The summed E-state index contributed by atoms with van der Waals surface area (Å²) in [6.45, 7) is 0. The van der Waals surface area contributed by atoms with Crippen LogP contribution in [-0.2, 0) is 0 Å². The van der Waals surface area contributed by atoms with E-state index in [4.69, 9.17) is 4.74 Å². The van der Waals surface area contributed by atoms with E-state index in [2.05, 4.69) is 4.98 Å². The molecule has 0 N–H and O–H groups in total. The number of nitro benzene ring substituents is 1. The average molecular weight is 401 g/mol. The number of pyridine rings is 1. The van der Waals surface area contributed by atoms with E-state index in [1.54, 1.807) is 48.7 Å². The Morgan fingerprint density at radius 2 is 1.70 bits per heavy atom. The normalized spacial score (nSPS) is 10.7. The average Bonchev–Trinajstić information content (AvgIpc) is 3.17. The Morgan fingerprint density at radius 1 is 0.967 bits per heavy atom. The number of nitrogens with zero attached hydrogens (tertiary/aromatic N) is 3. The molecule has 4 rings (SSSR count). The summed E-state index contributed by atoms with van der Waals surface area (Å²) in [5.74, 6) is -0.494. The van der Waals surface area contributed by atoms with Gasteiger partial charge >= 0.3 is 0 Å². The predicted octanol–water partition coefficient (Wildman–Crippen LogP) is 3.71. The lowest BCUT2D eigenvalue weighted by Gasteiger charge is -2.06. The van der Waals surface area contributed by atoms with E-state index >= 15 is 0 Å². The molecule has 30 heavy (non-hydrogen) atoms. The van der Waals surface area contributed by atoms with Crippen molar-refractivity contribution in [1.82, 2.24) is 9.38 Å². The monoisotopic (exact) mass is 401 g/mol. The van der Waals surface area contributed by atoms with E-state index in [1.165, 1.54) is 35.8 Å². The Morgan fingerprint density at radius 3 is 2.43 bits per heavy atom. The number of imidazole rings is 1. The van der Waals surface area contributed by atoms with E-state index in [9.17, 15) is 19.7 Å². The summed E-state index contributed by atoms with van der Waals surface area (Å²) in [6, 6.07) is 17.0. The van der Waals surface area contributed by atoms with Crippen LogP contribution in [0.2, 0.25) is 0 Å². The van der Waals surface area contributed by atoms with E-state index in [-0.39, 0.29) is 22.6 Å². The zero-order valence-corrected chi connectivity index (χ0v) is 15.8. The molecule has 4 aromatic rings. The first-order valence-corrected chi connectivity index (χ1v) is 8.94. The van der Waals surface area contributed by atoms with Gasteiger partial charge in [0.25, 0.3) is 5.69 Å². The molecular weight excluding hydrogens is 386 g/mol. The van der Waals surface area contributed by atoms with Crippen molar-refractivity contribution in [2.45, 2.75) is 0 Å². The van der Waals surface area contributed by atoms with Crippen molar-refractivity contribution in [2.24, 2.45) is 0 Å². The van der Waals surface area contributed by atoms with Crippen LogP contribution in [0.25, 0.3) is 5.65 Å². The highest BCUT2D eigenvalue weighted by molar-refractivity contribution is 6.18. The highest BCUT2D eigenvalue weighted by atomic mass is 16.6. The summed E-state index contributed by atoms with van der Waals surface area (Å²) in [4.78, 5) is 41.4. The van der Waals surface area contributed by atoms with Gasteiger partial charge in [0.1, 0.15) is 22.8 Å². The molecule has 0 unspecified atom stereocenters. The van der Waals surface area contributed by atoms with Crippen molar-refractivity contribution in [3.8, 4) is 5.75 Å². The van der Waals surface area contributed by atoms with Gasteiger partial charge in [0.2, 0.25) is 11.6 Å². The number of ketones is 2. The topological polar surface area (TPSA) is 104 Å². The van der Waals surface area contributed by atoms with Gasteiger partial charge in [0, 0.05) is 29.5 Å².